The summed E-state index contributed by atoms with van der Waals surface area (Å²) < 4.78 is 10.4. The lowest BCUT2D eigenvalue weighted by molar-refractivity contribution is -0.119. The molecule has 1 aliphatic carbocycles. The average molecular weight is 278 g/mol. The summed E-state index contributed by atoms with van der Waals surface area (Å²) in [6, 6.07) is 5.33. The van der Waals surface area contributed by atoms with Crippen molar-refractivity contribution in [2.75, 3.05) is 26.1 Å². The van der Waals surface area contributed by atoms with Crippen LogP contribution in [0.4, 0.5) is 5.69 Å². The van der Waals surface area contributed by atoms with Gasteiger partial charge in [0.2, 0.25) is 5.91 Å². The highest BCUT2D eigenvalue weighted by atomic mass is 16.5. The Hall–Kier alpha value is -1.75. The summed E-state index contributed by atoms with van der Waals surface area (Å²) in [6.45, 7) is 0.576. The maximum atomic E-state index is 12.1. The Morgan fingerprint density at radius 1 is 1.30 bits per heavy atom. The Morgan fingerprint density at radius 2 is 2.00 bits per heavy atom. The van der Waals surface area contributed by atoms with Crippen molar-refractivity contribution in [1.29, 1.82) is 0 Å². The fourth-order valence-corrected chi connectivity index (χ4v) is 2.59. The van der Waals surface area contributed by atoms with Crippen LogP contribution >= 0.6 is 0 Å². The lowest BCUT2D eigenvalue weighted by atomic mass is 9.66. The molecule has 0 atom stereocenters. The Kier molecular flexibility index (Phi) is 4.49. The van der Waals surface area contributed by atoms with Crippen molar-refractivity contribution in [2.45, 2.75) is 25.7 Å². The Balaban J connectivity index is 2.00. The van der Waals surface area contributed by atoms with Crippen LogP contribution in [-0.4, -0.2) is 26.7 Å². The zero-order valence-electron chi connectivity index (χ0n) is 12.1. The van der Waals surface area contributed by atoms with Crippen LogP contribution in [-0.2, 0) is 4.79 Å². The van der Waals surface area contributed by atoms with Gasteiger partial charge >= 0.3 is 0 Å². The molecule has 1 aromatic rings. The van der Waals surface area contributed by atoms with E-state index in [0.717, 1.165) is 12.8 Å². The van der Waals surface area contributed by atoms with Crippen molar-refractivity contribution in [3.8, 4) is 11.5 Å². The molecule has 110 valence electrons. The first kappa shape index (κ1) is 14.7. The number of anilines is 1. The van der Waals surface area contributed by atoms with Gasteiger partial charge in [-0.25, -0.2) is 0 Å². The zero-order valence-corrected chi connectivity index (χ0v) is 12.1. The van der Waals surface area contributed by atoms with Crippen molar-refractivity contribution in [2.24, 2.45) is 11.1 Å². The van der Waals surface area contributed by atoms with Crippen molar-refractivity contribution in [3.63, 3.8) is 0 Å². The SMILES string of the molecule is COc1ccc(NC(=O)CC2(CN)CCC2)cc1OC. The number of hydrogen-bond acceptors (Lipinski definition) is 4. The molecule has 0 spiro atoms. The normalized spacial score (nSPS) is 16.1. The van der Waals surface area contributed by atoms with Crippen LogP contribution in [0.15, 0.2) is 18.2 Å². The summed E-state index contributed by atoms with van der Waals surface area (Å²) >= 11 is 0. The minimum absolute atomic E-state index is 0.00219. The van der Waals surface area contributed by atoms with Crippen LogP contribution in [0.25, 0.3) is 0 Å². The Bertz CT molecular complexity index is 478. The monoisotopic (exact) mass is 278 g/mol. The highest BCUT2D eigenvalue weighted by Gasteiger charge is 2.37. The lowest BCUT2D eigenvalue weighted by Gasteiger charge is -2.40. The maximum absolute atomic E-state index is 12.1. The molecule has 3 N–H and O–H groups in total. The van der Waals surface area contributed by atoms with E-state index >= 15 is 0 Å². The van der Waals surface area contributed by atoms with Crippen molar-refractivity contribution in [1.82, 2.24) is 0 Å². The number of amides is 1. The van der Waals surface area contributed by atoms with Crippen molar-refractivity contribution >= 4 is 11.6 Å². The average Bonchev–Trinajstić information content (AvgIpc) is 2.42. The third kappa shape index (κ3) is 3.04. The molecule has 0 bridgehead atoms. The second-order valence-electron chi connectivity index (χ2n) is 5.35. The third-order valence-electron chi connectivity index (χ3n) is 4.05. The predicted octanol–water partition coefficient (Wildman–Crippen LogP) is 2.16. The quantitative estimate of drug-likeness (QED) is 0.836. The van der Waals surface area contributed by atoms with Gasteiger partial charge in [0.15, 0.2) is 11.5 Å². The number of ether oxygens (including phenoxy) is 2. The Morgan fingerprint density at radius 3 is 2.50 bits per heavy atom. The van der Waals surface area contributed by atoms with Crippen molar-refractivity contribution < 1.29 is 14.3 Å². The van der Waals surface area contributed by atoms with E-state index in [1.807, 2.05) is 0 Å². The molecule has 20 heavy (non-hydrogen) atoms. The summed E-state index contributed by atoms with van der Waals surface area (Å²) in [4.78, 5) is 12.1. The largest absolute Gasteiger partial charge is 0.493 e. The van der Waals surface area contributed by atoms with Crippen LogP contribution in [0.1, 0.15) is 25.7 Å². The first-order valence-electron chi connectivity index (χ1n) is 6.84. The summed E-state index contributed by atoms with van der Waals surface area (Å²) in [6.07, 6.45) is 3.74. The number of methoxy groups -OCH3 is 2. The number of benzene rings is 1. The molecule has 5 nitrogen and oxygen atoms in total. The molecule has 0 aliphatic heterocycles. The van der Waals surface area contributed by atoms with Crippen LogP contribution in [0.5, 0.6) is 11.5 Å². The molecule has 1 fully saturated rings. The molecule has 2 rings (SSSR count). The van der Waals surface area contributed by atoms with Crippen LogP contribution in [0.2, 0.25) is 0 Å². The Labute approximate surface area is 119 Å². The van der Waals surface area contributed by atoms with E-state index in [1.165, 1.54) is 6.42 Å². The summed E-state index contributed by atoms with van der Waals surface area (Å²) in [7, 11) is 3.15. The third-order valence-corrected chi connectivity index (χ3v) is 4.05. The van der Waals surface area contributed by atoms with Gasteiger partial charge in [-0.05, 0) is 36.9 Å². The number of rotatable bonds is 6. The highest BCUT2D eigenvalue weighted by Crippen LogP contribution is 2.43. The van der Waals surface area contributed by atoms with Crippen LogP contribution in [0.3, 0.4) is 0 Å². The van der Waals surface area contributed by atoms with E-state index in [-0.39, 0.29) is 11.3 Å². The standard InChI is InChI=1S/C15H22N2O3/c1-19-12-5-4-11(8-13(12)20-2)17-14(18)9-15(10-16)6-3-7-15/h4-5,8H,3,6-7,9-10,16H2,1-2H3,(H,17,18). The van der Waals surface area contributed by atoms with Crippen LogP contribution < -0.4 is 20.5 Å². The molecule has 0 heterocycles. The number of carbonyl (C=O) groups is 1. The van der Waals surface area contributed by atoms with Gasteiger partial charge in [-0.15, -0.1) is 0 Å². The number of nitrogens with one attached hydrogen (secondary N) is 1. The maximum Gasteiger partial charge on any atom is 0.224 e. The number of carbonyl (C=O) groups excluding carboxylic acids is 1. The molecule has 0 radical (unpaired) electrons. The van der Waals surface area contributed by atoms with E-state index in [9.17, 15) is 4.79 Å². The minimum atomic E-state index is 0.00219. The molecule has 1 aromatic carbocycles. The van der Waals surface area contributed by atoms with Crippen molar-refractivity contribution in [3.05, 3.63) is 18.2 Å². The summed E-state index contributed by atoms with van der Waals surface area (Å²) in [5.74, 6) is 1.24. The van der Waals surface area contributed by atoms with E-state index in [1.54, 1.807) is 32.4 Å². The molecular formula is C15H22N2O3. The van der Waals surface area contributed by atoms with Gasteiger partial charge in [0, 0.05) is 18.2 Å². The van der Waals surface area contributed by atoms with Gasteiger partial charge < -0.3 is 20.5 Å². The van der Waals surface area contributed by atoms with E-state index in [4.69, 9.17) is 15.2 Å². The van der Waals surface area contributed by atoms with Gasteiger partial charge in [-0.2, -0.15) is 0 Å². The van der Waals surface area contributed by atoms with E-state index in [0.29, 0.717) is 30.2 Å². The second-order valence-corrected chi connectivity index (χ2v) is 5.35. The van der Waals surface area contributed by atoms with Gasteiger partial charge in [0.1, 0.15) is 0 Å². The van der Waals surface area contributed by atoms with E-state index < -0.39 is 0 Å². The molecule has 1 saturated carbocycles. The molecule has 0 aromatic heterocycles. The molecular weight excluding hydrogens is 256 g/mol. The van der Waals surface area contributed by atoms with Crippen LogP contribution in [0, 0.1) is 5.41 Å². The summed E-state index contributed by atoms with van der Waals surface area (Å²) in [5, 5.41) is 2.90. The number of nitrogens with two attached hydrogens (primary N) is 1. The first-order chi connectivity index (χ1) is 9.62. The fourth-order valence-electron chi connectivity index (χ4n) is 2.59. The molecule has 1 aliphatic rings. The summed E-state index contributed by atoms with van der Waals surface area (Å²) in [5.41, 5.74) is 6.50. The van der Waals surface area contributed by atoms with Gasteiger partial charge in [-0.1, -0.05) is 6.42 Å². The predicted molar refractivity (Wildman–Crippen MR) is 78.1 cm³/mol. The lowest BCUT2D eigenvalue weighted by Crippen LogP contribution is -2.40. The molecule has 0 saturated heterocycles. The fraction of sp³-hybridized carbons (Fsp3) is 0.533. The number of hydrogen-bond donors (Lipinski definition) is 2. The topological polar surface area (TPSA) is 73.6 Å². The van der Waals surface area contributed by atoms with Gasteiger partial charge in [0.05, 0.1) is 14.2 Å². The highest BCUT2D eigenvalue weighted by molar-refractivity contribution is 5.91. The molecule has 5 heteroatoms. The van der Waals surface area contributed by atoms with Gasteiger partial charge in [0.25, 0.3) is 0 Å². The molecule has 1 amide bonds. The smallest absolute Gasteiger partial charge is 0.224 e. The van der Waals surface area contributed by atoms with E-state index in [2.05, 4.69) is 5.32 Å². The second kappa shape index (κ2) is 6.13. The first-order valence-corrected chi connectivity index (χ1v) is 6.84. The zero-order chi connectivity index (χ0) is 14.6. The van der Waals surface area contributed by atoms with Gasteiger partial charge in [-0.3, -0.25) is 4.79 Å². The minimum Gasteiger partial charge on any atom is -0.493 e. The molecule has 0 unspecified atom stereocenters.